The summed E-state index contributed by atoms with van der Waals surface area (Å²) >= 11 is 6.05. The molecule has 2 rings (SSSR count). The Balaban J connectivity index is 2.43. The van der Waals surface area contributed by atoms with Gasteiger partial charge in [-0.15, -0.1) is 0 Å². The number of aliphatic hydroxyl groups excluding tert-OH is 1. The minimum absolute atomic E-state index is 0.142. The zero-order valence-electron chi connectivity index (χ0n) is 10.4. The van der Waals surface area contributed by atoms with Crippen LogP contribution in [0.5, 0.6) is 0 Å². The van der Waals surface area contributed by atoms with E-state index in [2.05, 4.69) is 5.10 Å². The van der Waals surface area contributed by atoms with E-state index in [1.54, 1.807) is 25.1 Å². The molecule has 1 aromatic heterocycles. The number of nitrogens with zero attached hydrogens (tertiary/aromatic N) is 2. The Morgan fingerprint density at radius 3 is 2.58 bits per heavy atom. The van der Waals surface area contributed by atoms with Gasteiger partial charge >= 0.3 is 0 Å². The van der Waals surface area contributed by atoms with Crippen LogP contribution in [-0.2, 0) is 9.84 Å². The fourth-order valence-corrected chi connectivity index (χ4v) is 2.50. The first-order chi connectivity index (χ1) is 8.79. The summed E-state index contributed by atoms with van der Waals surface area (Å²) in [6.07, 6.45) is 3.16. The van der Waals surface area contributed by atoms with Gasteiger partial charge in [0.05, 0.1) is 18.0 Å². The molecule has 0 unspecified atom stereocenters. The second-order valence-corrected chi connectivity index (χ2v) is 6.70. The standard InChI is InChI=1S/C12H13ClN2O3S/c1-8(16)11-4-3-9(5-12(11)13)15-7-10(6-14-15)19(2,17)18/h3-8,16H,1-2H3/t8-/m0/s1. The smallest absolute Gasteiger partial charge is 0.178 e. The molecule has 5 nitrogen and oxygen atoms in total. The van der Waals surface area contributed by atoms with Crippen molar-refractivity contribution in [3.63, 3.8) is 0 Å². The fourth-order valence-electron chi connectivity index (χ4n) is 1.64. The van der Waals surface area contributed by atoms with Gasteiger partial charge in [-0.1, -0.05) is 17.7 Å². The van der Waals surface area contributed by atoms with E-state index in [9.17, 15) is 13.5 Å². The normalized spacial score (nSPS) is 13.5. The summed E-state index contributed by atoms with van der Waals surface area (Å²) in [4.78, 5) is 0.142. The third-order valence-corrected chi connectivity index (χ3v) is 4.08. The van der Waals surface area contributed by atoms with Crippen molar-refractivity contribution in [3.8, 4) is 5.69 Å². The van der Waals surface area contributed by atoms with Gasteiger partial charge in [0.25, 0.3) is 0 Å². The molecule has 0 aliphatic rings. The van der Waals surface area contributed by atoms with Gasteiger partial charge < -0.3 is 5.11 Å². The molecular weight excluding hydrogens is 288 g/mol. The quantitative estimate of drug-likeness (QED) is 0.941. The molecule has 7 heteroatoms. The Morgan fingerprint density at radius 1 is 1.42 bits per heavy atom. The van der Waals surface area contributed by atoms with E-state index < -0.39 is 15.9 Å². The zero-order valence-corrected chi connectivity index (χ0v) is 12.0. The molecule has 0 aliphatic carbocycles. The van der Waals surface area contributed by atoms with Crippen molar-refractivity contribution in [2.24, 2.45) is 0 Å². The Bertz CT molecular complexity index is 708. The SMILES string of the molecule is C[C@H](O)c1ccc(-n2cc(S(C)(=O)=O)cn2)cc1Cl. The van der Waals surface area contributed by atoms with Crippen LogP contribution in [0.15, 0.2) is 35.5 Å². The number of hydrogen-bond donors (Lipinski definition) is 1. The minimum atomic E-state index is -3.28. The van der Waals surface area contributed by atoms with Crippen LogP contribution in [0.1, 0.15) is 18.6 Å². The predicted octanol–water partition coefficient (Wildman–Crippen LogP) is 1.98. The predicted molar refractivity (Wildman–Crippen MR) is 72.3 cm³/mol. The lowest BCUT2D eigenvalue weighted by Gasteiger charge is -2.09. The maximum Gasteiger partial charge on any atom is 0.178 e. The van der Waals surface area contributed by atoms with Crippen LogP contribution in [0.3, 0.4) is 0 Å². The average Bonchev–Trinajstić information content (AvgIpc) is 2.76. The summed E-state index contributed by atoms with van der Waals surface area (Å²) < 4.78 is 24.2. The van der Waals surface area contributed by atoms with Crippen LogP contribution < -0.4 is 0 Å². The van der Waals surface area contributed by atoms with E-state index in [-0.39, 0.29) is 4.90 Å². The van der Waals surface area contributed by atoms with E-state index in [0.29, 0.717) is 16.3 Å². The van der Waals surface area contributed by atoms with Crippen molar-refractivity contribution in [1.29, 1.82) is 0 Å². The van der Waals surface area contributed by atoms with Crippen molar-refractivity contribution in [1.82, 2.24) is 9.78 Å². The monoisotopic (exact) mass is 300 g/mol. The van der Waals surface area contributed by atoms with E-state index in [4.69, 9.17) is 11.6 Å². The van der Waals surface area contributed by atoms with Crippen LogP contribution in [0.4, 0.5) is 0 Å². The van der Waals surface area contributed by atoms with Gasteiger partial charge in [0, 0.05) is 17.5 Å². The van der Waals surface area contributed by atoms with Crippen molar-refractivity contribution in [2.45, 2.75) is 17.9 Å². The zero-order chi connectivity index (χ0) is 14.2. The van der Waals surface area contributed by atoms with E-state index in [1.807, 2.05) is 0 Å². The Labute approximate surface area is 116 Å². The molecule has 1 N–H and O–H groups in total. The summed E-state index contributed by atoms with van der Waals surface area (Å²) in [6, 6.07) is 5.03. The molecule has 2 aromatic rings. The average molecular weight is 301 g/mol. The summed E-state index contributed by atoms with van der Waals surface area (Å²) in [5.74, 6) is 0. The van der Waals surface area contributed by atoms with Crippen molar-refractivity contribution >= 4 is 21.4 Å². The highest BCUT2D eigenvalue weighted by Gasteiger charge is 2.12. The number of sulfone groups is 1. The number of aromatic nitrogens is 2. The molecule has 0 saturated carbocycles. The lowest BCUT2D eigenvalue weighted by molar-refractivity contribution is 0.199. The molecule has 0 spiro atoms. The number of benzene rings is 1. The minimum Gasteiger partial charge on any atom is -0.389 e. The van der Waals surface area contributed by atoms with Crippen LogP contribution in [0.2, 0.25) is 5.02 Å². The molecular formula is C12H13ClN2O3S. The van der Waals surface area contributed by atoms with E-state index in [0.717, 1.165) is 6.26 Å². The van der Waals surface area contributed by atoms with Gasteiger partial charge in [-0.3, -0.25) is 0 Å². The van der Waals surface area contributed by atoms with Gasteiger partial charge in [-0.25, -0.2) is 13.1 Å². The summed E-state index contributed by atoms with van der Waals surface area (Å²) in [7, 11) is -3.28. The number of rotatable bonds is 3. The first-order valence-electron chi connectivity index (χ1n) is 5.51. The molecule has 1 aromatic carbocycles. The second-order valence-electron chi connectivity index (χ2n) is 4.27. The van der Waals surface area contributed by atoms with Gasteiger partial charge in [0.2, 0.25) is 0 Å². The first kappa shape index (κ1) is 14.0. The van der Waals surface area contributed by atoms with Gasteiger partial charge in [0.15, 0.2) is 9.84 Å². The van der Waals surface area contributed by atoms with Gasteiger partial charge in [-0.2, -0.15) is 5.10 Å². The highest BCUT2D eigenvalue weighted by molar-refractivity contribution is 7.90. The molecule has 0 bridgehead atoms. The second kappa shape index (κ2) is 4.96. The number of hydrogen-bond acceptors (Lipinski definition) is 4. The Hall–Kier alpha value is -1.37. The van der Waals surface area contributed by atoms with Crippen molar-refractivity contribution in [3.05, 3.63) is 41.2 Å². The maximum absolute atomic E-state index is 11.4. The molecule has 1 heterocycles. The molecule has 102 valence electrons. The maximum atomic E-state index is 11.4. The van der Waals surface area contributed by atoms with E-state index >= 15 is 0 Å². The molecule has 0 amide bonds. The number of aliphatic hydroxyl groups is 1. The van der Waals surface area contributed by atoms with Gasteiger partial charge in [-0.05, 0) is 24.6 Å². The van der Waals surface area contributed by atoms with Crippen molar-refractivity contribution < 1.29 is 13.5 Å². The third-order valence-electron chi connectivity index (χ3n) is 2.69. The lowest BCUT2D eigenvalue weighted by Crippen LogP contribution is -1.98. The molecule has 19 heavy (non-hydrogen) atoms. The Morgan fingerprint density at radius 2 is 2.11 bits per heavy atom. The summed E-state index contributed by atoms with van der Waals surface area (Å²) in [5.41, 5.74) is 1.24. The van der Waals surface area contributed by atoms with Crippen LogP contribution in [0, 0.1) is 0 Å². The molecule has 0 aliphatic heterocycles. The third kappa shape index (κ3) is 2.97. The van der Waals surface area contributed by atoms with E-state index in [1.165, 1.54) is 17.1 Å². The Kier molecular flexibility index (Phi) is 3.66. The van der Waals surface area contributed by atoms with Gasteiger partial charge in [0.1, 0.15) is 4.90 Å². The lowest BCUT2D eigenvalue weighted by atomic mass is 10.1. The molecule has 0 saturated heterocycles. The van der Waals surface area contributed by atoms with Crippen LogP contribution >= 0.6 is 11.6 Å². The topological polar surface area (TPSA) is 72.2 Å². The van der Waals surface area contributed by atoms with Crippen molar-refractivity contribution in [2.75, 3.05) is 6.26 Å². The number of halogens is 1. The summed E-state index contributed by atoms with van der Waals surface area (Å²) in [5, 5.41) is 13.9. The van der Waals surface area contributed by atoms with Crippen LogP contribution in [0.25, 0.3) is 5.69 Å². The largest absolute Gasteiger partial charge is 0.389 e. The highest BCUT2D eigenvalue weighted by Crippen LogP contribution is 2.25. The molecule has 1 atom stereocenters. The molecule has 0 radical (unpaired) electrons. The summed E-state index contributed by atoms with van der Waals surface area (Å²) in [6.45, 7) is 1.62. The highest BCUT2D eigenvalue weighted by atomic mass is 35.5. The molecule has 0 fully saturated rings. The fraction of sp³-hybridized carbons (Fsp3) is 0.250. The van der Waals surface area contributed by atoms with Crippen LogP contribution in [-0.4, -0.2) is 29.6 Å². The first-order valence-corrected chi connectivity index (χ1v) is 7.78.